The molecule has 24 heavy (non-hydrogen) atoms. The van der Waals surface area contributed by atoms with Crippen LogP contribution in [0.4, 0.5) is 4.39 Å². The number of ether oxygens (including phenoxy) is 1. The third-order valence-corrected chi connectivity index (χ3v) is 3.89. The van der Waals surface area contributed by atoms with Crippen LogP contribution in [0.25, 0.3) is 5.65 Å². The molecule has 0 aliphatic rings. The minimum Gasteiger partial charge on any atom is -0.485 e. The van der Waals surface area contributed by atoms with E-state index >= 15 is 0 Å². The molecule has 2 aromatic heterocycles. The number of nitrogens with one attached hydrogen (secondary N) is 1. The molecule has 1 atom stereocenters. The van der Waals surface area contributed by atoms with Gasteiger partial charge in [-0.3, -0.25) is 0 Å². The number of pyridine rings is 1. The summed E-state index contributed by atoms with van der Waals surface area (Å²) in [4.78, 5) is 4.70. The number of hydrogen-bond donors (Lipinski definition) is 1. The van der Waals surface area contributed by atoms with Gasteiger partial charge >= 0.3 is 0 Å². The second-order valence-electron chi connectivity index (χ2n) is 5.86. The number of aromatic nitrogens is 2. The highest BCUT2D eigenvalue weighted by molar-refractivity contribution is 5.54. The Balaban J connectivity index is 1.79. The van der Waals surface area contributed by atoms with E-state index in [0.717, 1.165) is 29.9 Å². The fourth-order valence-corrected chi connectivity index (χ4v) is 2.58. The molecule has 1 unspecified atom stereocenters. The van der Waals surface area contributed by atoms with Gasteiger partial charge in [-0.1, -0.05) is 19.1 Å². The SMILES string of the molecule is CCCNC(C)c1cn2cccc(OCc3cccc(F)c3)c2n1. The second kappa shape index (κ2) is 7.45. The number of hydrogen-bond acceptors (Lipinski definition) is 3. The third kappa shape index (κ3) is 3.74. The fourth-order valence-electron chi connectivity index (χ4n) is 2.58. The molecule has 0 spiro atoms. The Morgan fingerprint density at radius 2 is 2.17 bits per heavy atom. The largest absolute Gasteiger partial charge is 0.485 e. The van der Waals surface area contributed by atoms with E-state index in [9.17, 15) is 4.39 Å². The van der Waals surface area contributed by atoms with Gasteiger partial charge in [0, 0.05) is 18.4 Å². The van der Waals surface area contributed by atoms with E-state index in [2.05, 4.69) is 19.2 Å². The fraction of sp³-hybridized carbons (Fsp3) is 0.316. The smallest absolute Gasteiger partial charge is 0.180 e. The van der Waals surface area contributed by atoms with Gasteiger partial charge in [-0.15, -0.1) is 0 Å². The quantitative estimate of drug-likeness (QED) is 0.709. The molecule has 3 aromatic rings. The molecule has 0 aliphatic heterocycles. The topological polar surface area (TPSA) is 38.6 Å². The van der Waals surface area contributed by atoms with Gasteiger partial charge in [-0.25, -0.2) is 9.37 Å². The Hall–Kier alpha value is -2.40. The maximum atomic E-state index is 13.3. The Morgan fingerprint density at radius 1 is 1.29 bits per heavy atom. The van der Waals surface area contributed by atoms with E-state index in [1.807, 2.05) is 35.0 Å². The van der Waals surface area contributed by atoms with Crippen molar-refractivity contribution in [2.24, 2.45) is 0 Å². The molecule has 2 heterocycles. The Bertz CT molecular complexity index is 815. The number of halogens is 1. The molecule has 126 valence electrons. The maximum absolute atomic E-state index is 13.3. The zero-order valence-corrected chi connectivity index (χ0v) is 14.0. The van der Waals surface area contributed by atoms with Crippen LogP contribution in [0.2, 0.25) is 0 Å². The van der Waals surface area contributed by atoms with Crippen LogP contribution in [0, 0.1) is 5.82 Å². The lowest BCUT2D eigenvalue weighted by Crippen LogP contribution is -2.19. The molecule has 0 aliphatic carbocycles. The van der Waals surface area contributed by atoms with E-state index in [0.29, 0.717) is 12.4 Å². The molecule has 5 heteroatoms. The third-order valence-electron chi connectivity index (χ3n) is 3.89. The van der Waals surface area contributed by atoms with E-state index in [-0.39, 0.29) is 11.9 Å². The van der Waals surface area contributed by atoms with E-state index < -0.39 is 0 Å². The van der Waals surface area contributed by atoms with Gasteiger partial charge in [0.15, 0.2) is 11.4 Å². The standard InChI is InChI=1S/C19H22FN3O/c1-3-9-21-14(2)17-12-23-10-5-8-18(19(23)22-17)24-13-15-6-4-7-16(20)11-15/h4-8,10-12,14,21H,3,9,13H2,1-2H3. The van der Waals surface area contributed by atoms with Crippen LogP contribution in [-0.4, -0.2) is 15.9 Å². The molecule has 0 radical (unpaired) electrons. The number of rotatable bonds is 7. The lowest BCUT2D eigenvalue weighted by molar-refractivity contribution is 0.307. The summed E-state index contributed by atoms with van der Waals surface area (Å²) in [6.45, 7) is 5.51. The van der Waals surface area contributed by atoms with Crippen LogP contribution in [-0.2, 0) is 6.61 Å². The summed E-state index contributed by atoms with van der Waals surface area (Å²) >= 11 is 0. The predicted octanol–water partition coefficient (Wildman–Crippen LogP) is 4.11. The van der Waals surface area contributed by atoms with Crippen LogP contribution in [0.3, 0.4) is 0 Å². The minimum atomic E-state index is -0.256. The van der Waals surface area contributed by atoms with Crippen molar-refractivity contribution in [3.8, 4) is 5.75 Å². The van der Waals surface area contributed by atoms with Gasteiger partial charge in [-0.2, -0.15) is 0 Å². The Morgan fingerprint density at radius 3 is 2.96 bits per heavy atom. The molecular formula is C19H22FN3O. The van der Waals surface area contributed by atoms with Crippen LogP contribution in [0.1, 0.15) is 37.6 Å². The maximum Gasteiger partial charge on any atom is 0.180 e. The molecule has 1 N–H and O–H groups in total. The summed E-state index contributed by atoms with van der Waals surface area (Å²) in [5, 5.41) is 3.43. The monoisotopic (exact) mass is 327 g/mol. The summed E-state index contributed by atoms with van der Waals surface area (Å²) in [5.74, 6) is 0.434. The van der Waals surface area contributed by atoms with Crippen molar-refractivity contribution >= 4 is 5.65 Å². The van der Waals surface area contributed by atoms with Crippen molar-refractivity contribution in [2.75, 3.05) is 6.54 Å². The van der Waals surface area contributed by atoms with Crippen LogP contribution in [0.15, 0.2) is 48.8 Å². The summed E-state index contributed by atoms with van der Waals surface area (Å²) in [6, 6.07) is 10.4. The molecule has 0 fully saturated rings. The highest BCUT2D eigenvalue weighted by atomic mass is 19.1. The summed E-state index contributed by atoms with van der Waals surface area (Å²) in [7, 11) is 0. The van der Waals surface area contributed by atoms with E-state index in [4.69, 9.17) is 9.72 Å². The number of imidazole rings is 1. The molecule has 1 aromatic carbocycles. The van der Waals surface area contributed by atoms with Crippen molar-refractivity contribution in [3.05, 3.63) is 65.9 Å². The molecule has 0 amide bonds. The molecule has 0 bridgehead atoms. The molecular weight excluding hydrogens is 305 g/mol. The van der Waals surface area contributed by atoms with Gasteiger partial charge in [0.05, 0.1) is 5.69 Å². The minimum absolute atomic E-state index is 0.181. The van der Waals surface area contributed by atoms with Gasteiger partial charge in [0.25, 0.3) is 0 Å². The lowest BCUT2D eigenvalue weighted by Gasteiger charge is -2.09. The first-order chi connectivity index (χ1) is 11.7. The van der Waals surface area contributed by atoms with Gasteiger partial charge in [0.1, 0.15) is 12.4 Å². The van der Waals surface area contributed by atoms with Gasteiger partial charge in [0.2, 0.25) is 0 Å². The average molecular weight is 327 g/mol. The lowest BCUT2D eigenvalue weighted by atomic mass is 10.2. The average Bonchev–Trinajstić information content (AvgIpc) is 3.02. The van der Waals surface area contributed by atoms with E-state index in [1.54, 1.807) is 6.07 Å². The van der Waals surface area contributed by atoms with Gasteiger partial charge in [-0.05, 0) is 49.7 Å². The summed E-state index contributed by atoms with van der Waals surface area (Å²) in [5.41, 5.74) is 2.54. The van der Waals surface area contributed by atoms with Crippen LogP contribution in [0.5, 0.6) is 5.75 Å². The van der Waals surface area contributed by atoms with Gasteiger partial charge < -0.3 is 14.5 Å². The first-order valence-electron chi connectivity index (χ1n) is 8.25. The first-order valence-corrected chi connectivity index (χ1v) is 8.25. The zero-order valence-electron chi connectivity index (χ0n) is 14.0. The predicted molar refractivity (Wildman–Crippen MR) is 92.6 cm³/mol. The van der Waals surface area contributed by atoms with Crippen molar-refractivity contribution in [2.45, 2.75) is 32.9 Å². The van der Waals surface area contributed by atoms with Crippen molar-refractivity contribution in [1.82, 2.24) is 14.7 Å². The normalized spacial score (nSPS) is 12.5. The highest BCUT2D eigenvalue weighted by Gasteiger charge is 2.12. The second-order valence-corrected chi connectivity index (χ2v) is 5.86. The summed E-state index contributed by atoms with van der Waals surface area (Å²) < 4.78 is 21.1. The Labute approximate surface area is 141 Å². The van der Waals surface area contributed by atoms with Crippen molar-refractivity contribution in [1.29, 1.82) is 0 Å². The highest BCUT2D eigenvalue weighted by Crippen LogP contribution is 2.22. The van der Waals surface area contributed by atoms with Crippen molar-refractivity contribution < 1.29 is 9.13 Å². The van der Waals surface area contributed by atoms with Crippen LogP contribution < -0.4 is 10.1 Å². The Kier molecular flexibility index (Phi) is 5.11. The number of benzene rings is 1. The first kappa shape index (κ1) is 16.5. The zero-order chi connectivity index (χ0) is 16.9. The van der Waals surface area contributed by atoms with Crippen LogP contribution >= 0.6 is 0 Å². The number of nitrogens with zero attached hydrogens (tertiary/aromatic N) is 2. The summed E-state index contributed by atoms with van der Waals surface area (Å²) in [6.07, 6.45) is 5.05. The molecule has 0 saturated carbocycles. The molecule has 4 nitrogen and oxygen atoms in total. The van der Waals surface area contributed by atoms with Crippen molar-refractivity contribution in [3.63, 3.8) is 0 Å². The number of fused-ring (bicyclic) bond motifs is 1. The molecule has 3 rings (SSSR count). The van der Waals surface area contributed by atoms with E-state index in [1.165, 1.54) is 12.1 Å². The molecule has 0 saturated heterocycles.